The molecule has 2 aliphatic rings. The van der Waals surface area contributed by atoms with Gasteiger partial charge in [0.2, 0.25) is 0 Å². The van der Waals surface area contributed by atoms with Gasteiger partial charge in [-0.2, -0.15) is 0 Å². The second kappa shape index (κ2) is 5.57. The number of rotatable bonds is 5. The van der Waals surface area contributed by atoms with E-state index in [9.17, 15) is 0 Å². The first-order chi connectivity index (χ1) is 8.81. The molecule has 0 amide bonds. The van der Waals surface area contributed by atoms with Gasteiger partial charge in [0.05, 0.1) is 0 Å². The maximum atomic E-state index is 4.55. The molecule has 3 rings (SSSR count). The van der Waals surface area contributed by atoms with Crippen molar-refractivity contribution >= 4 is 21.7 Å². The molecular formula is C14H20BrN3. The highest BCUT2D eigenvalue weighted by molar-refractivity contribution is 9.10. The average Bonchev–Trinajstić information content (AvgIpc) is 3.04. The van der Waals surface area contributed by atoms with E-state index in [0.717, 1.165) is 22.8 Å². The van der Waals surface area contributed by atoms with Crippen LogP contribution in [-0.2, 0) is 0 Å². The van der Waals surface area contributed by atoms with Crippen LogP contribution >= 0.6 is 15.9 Å². The third-order valence-electron chi connectivity index (χ3n) is 3.81. The van der Waals surface area contributed by atoms with Crippen LogP contribution in [0.15, 0.2) is 22.8 Å². The number of halogens is 1. The molecule has 0 spiro atoms. The lowest BCUT2D eigenvalue weighted by Gasteiger charge is -2.27. The van der Waals surface area contributed by atoms with E-state index in [4.69, 9.17) is 0 Å². The highest BCUT2D eigenvalue weighted by Crippen LogP contribution is 2.31. The normalized spacial score (nSPS) is 23.3. The second-order valence-electron chi connectivity index (χ2n) is 5.48. The lowest BCUT2D eigenvalue weighted by atomic mass is 10.2. The molecule has 1 saturated heterocycles. The van der Waals surface area contributed by atoms with Crippen LogP contribution in [0.5, 0.6) is 0 Å². The van der Waals surface area contributed by atoms with E-state index < -0.39 is 0 Å². The van der Waals surface area contributed by atoms with Crippen LogP contribution in [0, 0.1) is 5.92 Å². The van der Waals surface area contributed by atoms with Crippen LogP contribution < -0.4 is 10.2 Å². The number of hydrogen-bond acceptors (Lipinski definition) is 3. The lowest BCUT2D eigenvalue weighted by Crippen LogP contribution is -2.39. The predicted octanol–water partition coefficient (Wildman–Crippen LogP) is 2.81. The largest absolute Gasteiger partial charge is 0.355 e. The smallest absolute Gasteiger partial charge is 0.128 e. The summed E-state index contributed by atoms with van der Waals surface area (Å²) in [6, 6.07) is 4.86. The Morgan fingerprint density at radius 2 is 2.17 bits per heavy atom. The predicted molar refractivity (Wildman–Crippen MR) is 77.9 cm³/mol. The van der Waals surface area contributed by atoms with Crippen molar-refractivity contribution in [3.8, 4) is 0 Å². The first kappa shape index (κ1) is 12.4. The summed E-state index contributed by atoms with van der Waals surface area (Å²) < 4.78 is 1.05. The number of nitrogens with zero attached hydrogens (tertiary/aromatic N) is 2. The summed E-state index contributed by atoms with van der Waals surface area (Å²) in [6.45, 7) is 3.45. The van der Waals surface area contributed by atoms with Gasteiger partial charge in [0.15, 0.2) is 0 Å². The summed E-state index contributed by atoms with van der Waals surface area (Å²) in [7, 11) is 0. The fourth-order valence-electron chi connectivity index (χ4n) is 2.61. The van der Waals surface area contributed by atoms with Crippen molar-refractivity contribution in [2.24, 2.45) is 5.92 Å². The van der Waals surface area contributed by atoms with Crippen LogP contribution in [0.3, 0.4) is 0 Å². The number of pyridine rings is 1. The molecule has 2 heterocycles. The molecule has 1 atom stereocenters. The van der Waals surface area contributed by atoms with Crippen molar-refractivity contribution in [1.82, 2.24) is 10.3 Å². The average molecular weight is 310 g/mol. The zero-order valence-electron chi connectivity index (χ0n) is 10.6. The van der Waals surface area contributed by atoms with Crippen molar-refractivity contribution in [1.29, 1.82) is 0 Å². The Balaban J connectivity index is 1.68. The molecule has 1 aliphatic heterocycles. The second-order valence-corrected chi connectivity index (χ2v) is 6.39. The van der Waals surface area contributed by atoms with Gasteiger partial charge in [0, 0.05) is 29.8 Å². The van der Waals surface area contributed by atoms with Gasteiger partial charge in [-0.25, -0.2) is 4.98 Å². The van der Waals surface area contributed by atoms with Gasteiger partial charge in [-0.1, -0.05) is 0 Å². The van der Waals surface area contributed by atoms with E-state index in [-0.39, 0.29) is 0 Å². The molecule has 2 fully saturated rings. The van der Waals surface area contributed by atoms with Gasteiger partial charge >= 0.3 is 0 Å². The first-order valence-corrected chi connectivity index (χ1v) is 7.70. The van der Waals surface area contributed by atoms with Crippen molar-refractivity contribution in [3.05, 3.63) is 22.8 Å². The zero-order valence-corrected chi connectivity index (χ0v) is 12.2. The van der Waals surface area contributed by atoms with Crippen molar-refractivity contribution < 1.29 is 0 Å². The van der Waals surface area contributed by atoms with E-state index in [1.807, 2.05) is 6.20 Å². The van der Waals surface area contributed by atoms with Gasteiger partial charge in [0.25, 0.3) is 0 Å². The molecule has 1 saturated carbocycles. The van der Waals surface area contributed by atoms with E-state index in [2.05, 4.69) is 43.3 Å². The minimum Gasteiger partial charge on any atom is -0.355 e. The summed E-state index contributed by atoms with van der Waals surface area (Å²) in [6.07, 6.45) is 7.31. The Morgan fingerprint density at radius 3 is 2.78 bits per heavy atom. The van der Waals surface area contributed by atoms with E-state index >= 15 is 0 Å². The fraction of sp³-hybridized carbons (Fsp3) is 0.643. The third-order valence-corrected chi connectivity index (χ3v) is 4.28. The highest BCUT2D eigenvalue weighted by atomic mass is 79.9. The van der Waals surface area contributed by atoms with E-state index in [1.54, 1.807) is 0 Å². The fourth-order valence-corrected chi connectivity index (χ4v) is 2.84. The molecule has 98 valence electrons. The summed E-state index contributed by atoms with van der Waals surface area (Å²) in [4.78, 5) is 7.02. The number of anilines is 1. The minimum atomic E-state index is 0.647. The molecule has 1 N–H and O–H groups in total. The summed E-state index contributed by atoms with van der Waals surface area (Å²) in [5.74, 6) is 2.02. The summed E-state index contributed by atoms with van der Waals surface area (Å²) in [5.41, 5.74) is 0. The van der Waals surface area contributed by atoms with Crippen LogP contribution in [-0.4, -0.2) is 30.7 Å². The number of nitrogens with one attached hydrogen (secondary N) is 1. The molecule has 0 aromatic carbocycles. The lowest BCUT2D eigenvalue weighted by molar-refractivity contribution is 0.567. The first-order valence-electron chi connectivity index (χ1n) is 6.91. The minimum absolute atomic E-state index is 0.647. The zero-order chi connectivity index (χ0) is 12.4. The quantitative estimate of drug-likeness (QED) is 0.906. The third kappa shape index (κ3) is 3.23. The van der Waals surface area contributed by atoms with Gasteiger partial charge in [0.1, 0.15) is 5.82 Å². The molecule has 0 radical (unpaired) electrons. The van der Waals surface area contributed by atoms with Crippen molar-refractivity contribution in [2.75, 3.05) is 24.5 Å². The molecule has 18 heavy (non-hydrogen) atoms. The molecule has 1 aliphatic carbocycles. The van der Waals surface area contributed by atoms with Crippen LogP contribution in [0.1, 0.15) is 25.7 Å². The van der Waals surface area contributed by atoms with Gasteiger partial charge in [-0.15, -0.1) is 0 Å². The monoisotopic (exact) mass is 309 g/mol. The molecule has 0 bridgehead atoms. The van der Waals surface area contributed by atoms with Crippen LogP contribution in [0.25, 0.3) is 0 Å². The topological polar surface area (TPSA) is 28.2 Å². The maximum Gasteiger partial charge on any atom is 0.128 e. The number of hydrogen-bond donors (Lipinski definition) is 1. The SMILES string of the molecule is Brc1ccc(N(CC2CC2)CC2CCCN2)nc1. The van der Waals surface area contributed by atoms with E-state index in [1.165, 1.54) is 38.8 Å². The molecule has 3 nitrogen and oxygen atoms in total. The molecule has 1 unspecified atom stereocenters. The van der Waals surface area contributed by atoms with Gasteiger partial charge < -0.3 is 10.2 Å². The van der Waals surface area contributed by atoms with Gasteiger partial charge in [-0.3, -0.25) is 0 Å². The van der Waals surface area contributed by atoms with Crippen molar-refractivity contribution in [2.45, 2.75) is 31.7 Å². The Kier molecular flexibility index (Phi) is 3.85. The molecule has 1 aromatic heterocycles. The Labute approximate surface area is 117 Å². The van der Waals surface area contributed by atoms with Crippen LogP contribution in [0.2, 0.25) is 0 Å². The Hall–Kier alpha value is -0.610. The number of aromatic nitrogens is 1. The van der Waals surface area contributed by atoms with Crippen molar-refractivity contribution in [3.63, 3.8) is 0 Å². The highest BCUT2D eigenvalue weighted by Gasteiger charge is 2.27. The molecule has 1 aromatic rings. The standard InChI is InChI=1S/C14H20BrN3/c15-12-5-6-14(17-8-12)18(9-11-3-4-11)10-13-2-1-7-16-13/h5-6,8,11,13,16H,1-4,7,9-10H2. The summed E-state index contributed by atoms with van der Waals surface area (Å²) >= 11 is 3.45. The van der Waals surface area contributed by atoms with Crippen LogP contribution in [0.4, 0.5) is 5.82 Å². The van der Waals surface area contributed by atoms with E-state index in [0.29, 0.717) is 6.04 Å². The Bertz CT molecular complexity index is 383. The van der Waals surface area contributed by atoms with Gasteiger partial charge in [-0.05, 0) is 66.2 Å². The Morgan fingerprint density at radius 1 is 1.28 bits per heavy atom. The summed E-state index contributed by atoms with van der Waals surface area (Å²) in [5, 5.41) is 3.58. The molecule has 4 heteroatoms. The maximum absolute atomic E-state index is 4.55. The molecular weight excluding hydrogens is 290 g/mol.